The van der Waals surface area contributed by atoms with Crippen LogP contribution in [0.3, 0.4) is 0 Å². The molecule has 0 saturated heterocycles. The van der Waals surface area contributed by atoms with Crippen molar-refractivity contribution in [3.63, 3.8) is 0 Å². The highest BCUT2D eigenvalue weighted by atomic mass is 19.1. The van der Waals surface area contributed by atoms with Gasteiger partial charge < -0.3 is 0 Å². The molecule has 0 aromatic heterocycles. The molecule has 2 aromatic carbocycles. The smallest absolute Gasteiger partial charge is 0.131 e. The van der Waals surface area contributed by atoms with Gasteiger partial charge in [-0.2, -0.15) is 0 Å². The molecule has 1 radical (unpaired) electrons. The second kappa shape index (κ2) is 5.13. The van der Waals surface area contributed by atoms with Crippen molar-refractivity contribution in [3.05, 3.63) is 66.8 Å². The first-order chi connectivity index (χ1) is 8.22. The van der Waals surface area contributed by atoms with Gasteiger partial charge in [0, 0.05) is 5.56 Å². The van der Waals surface area contributed by atoms with E-state index in [0.717, 1.165) is 17.5 Å². The van der Waals surface area contributed by atoms with Crippen molar-refractivity contribution in [3.8, 4) is 11.1 Å². The van der Waals surface area contributed by atoms with Crippen LogP contribution in [-0.2, 0) is 0 Å². The molecule has 2 rings (SSSR count). The van der Waals surface area contributed by atoms with Crippen molar-refractivity contribution in [2.45, 2.75) is 19.3 Å². The van der Waals surface area contributed by atoms with Crippen molar-refractivity contribution < 1.29 is 4.39 Å². The van der Waals surface area contributed by atoms with Crippen LogP contribution in [0.1, 0.15) is 24.8 Å². The maximum Gasteiger partial charge on any atom is 0.131 e. The molecular formula is C16H16F. The summed E-state index contributed by atoms with van der Waals surface area (Å²) in [6.07, 6.45) is 0.782. The molecule has 0 spiro atoms. The van der Waals surface area contributed by atoms with Gasteiger partial charge in [-0.3, -0.25) is 0 Å². The largest absolute Gasteiger partial charge is 0.206 e. The predicted molar refractivity (Wildman–Crippen MR) is 70.2 cm³/mol. The molecule has 87 valence electrons. The zero-order valence-corrected chi connectivity index (χ0v) is 9.99. The Bertz CT molecular complexity index is 488. The van der Waals surface area contributed by atoms with Crippen molar-refractivity contribution in [1.82, 2.24) is 0 Å². The van der Waals surface area contributed by atoms with Crippen LogP contribution < -0.4 is 0 Å². The Morgan fingerprint density at radius 2 is 1.82 bits per heavy atom. The lowest BCUT2D eigenvalue weighted by Gasteiger charge is -2.11. The standard InChI is InChI=1S/C16H16F/c1-3-12(2)14-9-10-15(16(17)11-14)13-7-5-4-6-8-13/h4-12H,1,3H2,2H3. The summed E-state index contributed by atoms with van der Waals surface area (Å²) in [7, 11) is 0. The van der Waals surface area contributed by atoms with Gasteiger partial charge in [0.15, 0.2) is 0 Å². The summed E-state index contributed by atoms with van der Waals surface area (Å²) in [5.74, 6) is 0.142. The normalized spacial score (nSPS) is 12.4. The predicted octanol–water partition coefficient (Wildman–Crippen LogP) is 4.82. The summed E-state index contributed by atoms with van der Waals surface area (Å²) in [6, 6.07) is 15.1. The fraction of sp³-hybridized carbons (Fsp3) is 0.188. The molecule has 0 aliphatic rings. The van der Waals surface area contributed by atoms with Crippen LogP contribution in [0, 0.1) is 12.7 Å². The van der Waals surface area contributed by atoms with E-state index in [1.807, 2.05) is 42.5 Å². The van der Waals surface area contributed by atoms with Crippen LogP contribution >= 0.6 is 0 Å². The fourth-order valence-corrected chi connectivity index (χ4v) is 1.86. The van der Waals surface area contributed by atoms with Crippen LogP contribution in [0.15, 0.2) is 48.5 Å². The van der Waals surface area contributed by atoms with E-state index in [1.165, 1.54) is 0 Å². The van der Waals surface area contributed by atoms with Gasteiger partial charge >= 0.3 is 0 Å². The third-order valence-corrected chi connectivity index (χ3v) is 3.08. The molecular weight excluding hydrogens is 211 g/mol. The van der Waals surface area contributed by atoms with Gasteiger partial charge in [0.25, 0.3) is 0 Å². The lowest BCUT2D eigenvalue weighted by atomic mass is 9.95. The maximum absolute atomic E-state index is 14.0. The summed E-state index contributed by atoms with van der Waals surface area (Å²) in [6.45, 7) is 5.91. The Morgan fingerprint density at radius 1 is 1.12 bits per heavy atom. The molecule has 0 aliphatic carbocycles. The van der Waals surface area contributed by atoms with E-state index in [1.54, 1.807) is 6.07 Å². The third kappa shape index (κ3) is 2.55. The van der Waals surface area contributed by atoms with E-state index in [-0.39, 0.29) is 5.82 Å². The maximum atomic E-state index is 14.0. The van der Waals surface area contributed by atoms with E-state index >= 15 is 0 Å². The molecule has 0 amide bonds. The van der Waals surface area contributed by atoms with E-state index in [2.05, 4.69) is 13.8 Å². The monoisotopic (exact) mass is 227 g/mol. The quantitative estimate of drug-likeness (QED) is 0.705. The number of hydrogen-bond donors (Lipinski definition) is 0. The average molecular weight is 227 g/mol. The Hall–Kier alpha value is -1.63. The average Bonchev–Trinajstić information content (AvgIpc) is 2.38. The molecule has 0 heterocycles. The fourth-order valence-electron chi connectivity index (χ4n) is 1.86. The van der Waals surface area contributed by atoms with E-state index in [0.29, 0.717) is 11.5 Å². The molecule has 1 atom stereocenters. The highest BCUT2D eigenvalue weighted by Gasteiger charge is 2.08. The summed E-state index contributed by atoms with van der Waals surface area (Å²) < 4.78 is 14.0. The van der Waals surface area contributed by atoms with Crippen molar-refractivity contribution in [2.75, 3.05) is 0 Å². The van der Waals surface area contributed by atoms with Gasteiger partial charge in [0.05, 0.1) is 0 Å². The summed E-state index contributed by atoms with van der Waals surface area (Å²) in [5, 5.41) is 0. The van der Waals surface area contributed by atoms with E-state index < -0.39 is 0 Å². The zero-order chi connectivity index (χ0) is 12.3. The lowest BCUT2D eigenvalue weighted by molar-refractivity contribution is 0.625. The van der Waals surface area contributed by atoms with Crippen molar-refractivity contribution >= 4 is 0 Å². The first-order valence-corrected chi connectivity index (χ1v) is 5.86. The third-order valence-electron chi connectivity index (χ3n) is 3.08. The highest BCUT2D eigenvalue weighted by Crippen LogP contribution is 2.26. The first-order valence-electron chi connectivity index (χ1n) is 5.86. The molecule has 0 fully saturated rings. The van der Waals surface area contributed by atoms with Gasteiger partial charge in [-0.25, -0.2) is 4.39 Å². The molecule has 0 N–H and O–H groups in total. The van der Waals surface area contributed by atoms with Crippen LogP contribution in [0.4, 0.5) is 4.39 Å². The Morgan fingerprint density at radius 3 is 2.41 bits per heavy atom. The number of rotatable bonds is 3. The Balaban J connectivity index is 2.39. The summed E-state index contributed by atoms with van der Waals surface area (Å²) in [5.41, 5.74) is 2.58. The molecule has 0 bridgehead atoms. The van der Waals surface area contributed by atoms with Crippen LogP contribution in [-0.4, -0.2) is 0 Å². The molecule has 2 aromatic rings. The SMILES string of the molecule is [CH2]CC(C)c1ccc(-c2ccccc2)c(F)c1. The van der Waals surface area contributed by atoms with Gasteiger partial charge in [-0.1, -0.05) is 56.3 Å². The molecule has 0 nitrogen and oxygen atoms in total. The molecule has 17 heavy (non-hydrogen) atoms. The second-order valence-corrected chi connectivity index (χ2v) is 4.30. The minimum Gasteiger partial charge on any atom is -0.206 e. The van der Waals surface area contributed by atoms with Crippen molar-refractivity contribution in [2.24, 2.45) is 0 Å². The van der Waals surface area contributed by atoms with Gasteiger partial charge in [-0.15, -0.1) is 0 Å². The number of hydrogen-bond acceptors (Lipinski definition) is 0. The van der Waals surface area contributed by atoms with Gasteiger partial charge in [0.2, 0.25) is 0 Å². The van der Waals surface area contributed by atoms with E-state index in [9.17, 15) is 4.39 Å². The van der Waals surface area contributed by atoms with Crippen LogP contribution in [0.25, 0.3) is 11.1 Å². The van der Waals surface area contributed by atoms with Gasteiger partial charge in [-0.05, 0) is 29.5 Å². The Kier molecular flexibility index (Phi) is 3.58. The summed E-state index contributed by atoms with van der Waals surface area (Å²) >= 11 is 0. The molecule has 0 saturated carbocycles. The number of benzene rings is 2. The minimum absolute atomic E-state index is 0.158. The summed E-state index contributed by atoms with van der Waals surface area (Å²) in [4.78, 5) is 0. The lowest BCUT2D eigenvalue weighted by Crippen LogP contribution is -1.94. The van der Waals surface area contributed by atoms with E-state index in [4.69, 9.17) is 0 Å². The van der Waals surface area contributed by atoms with Crippen LogP contribution in [0.5, 0.6) is 0 Å². The second-order valence-electron chi connectivity index (χ2n) is 4.30. The topological polar surface area (TPSA) is 0 Å². The minimum atomic E-state index is -0.158. The zero-order valence-electron chi connectivity index (χ0n) is 9.99. The molecule has 1 heteroatoms. The highest BCUT2D eigenvalue weighted by molar-refractivity contribution is 5.64. The van der Waals surface area contributed by atoms with Crippen molar-refractivity contribution in [1.29, 1.82) is 0 Å². The van der Waals surface area contributed by atoms with Gasteiger partial charge in [0.1, 0.15) is 5.82 Å². The van der Waals surface area contributed by atoms with Crippen LogP contribution in [0.2, 0.25) is 0 Å². The molecule has 1 unspecified atom stereocenters. The number of halogens is 1. The first kappa shape index (κ1) is 11.8. The Labute approximate surface area is 102 Å². The molecule has 0 aliphatic heterocycles.